The van der Waals surface area contributed by atoms with Crippen molar-refractivity contribution in [3.63, 3.8) is 0 Å². The first-order chi connectivity index (χ1) is 17.9. The number of sulfone groups is 1. The minimum absolute atomic E-state index is 0.0320. The second-order valence-electron chi connectivity index (χ2n) is 7.92. The molecule has 0 N–H and O–H groups in total. The lowest BCUT2D eigenvalue weighted by Gasteiger charge is -2.16. The van der Waals surface area contributed by atoms with Crippen molar-refractivity contribution in [1.82, 2.24) is 4.31 Å². The standard InChI is InChI=1S/C22H27NO12S4/c1-5-38(29,30)34-19-10-7-18(8-11-19)16-37(27,28)14-13-17-9-12-20(35-39(31,32)6-2)21(15-17)33-22(24)23(3)36(4,25)26/h7-15H,5-6,16H2,1-4H3/b14-13+. The second-order valence-corrected chi connectivity index (χ2v) is 15.5. The van der Waals surface area contributed by atoms with Gasteiger partial charge >= 0.3 is 26.3 Å². The predicted octanol–water partition coefficient (Wildman–Crippen LogP) is 2.12. The third-order valence-corrected chi connectivity index (χ3v) is 9.55. The third kappa shape index (κ3) is 10.2. The summed E-state index contributed by atoms with van der Waals surface area (Å²) in [5.74, 6) is -1.94. The minimum atomic E-state index is -4.06. The van der Waals surface area contributed by atoms with E-state index in [4.69, 9.17) is 13.1 Å². The van der Waals surface area contributed by atoms with Gasteiger partial charge in [-0.1, -0.05) is 18.2 Å². The fourth-order valence-electron chi connectivity index (χ4n) is 2.58. The SMILES string of the molecule is CCS(=O)(=O)Oc1ccc(CS(=O)(=O)/C=C/c2ccc(OS(=O)(=O)CC)c(OC(=O)N(C)S(C)(=O)=O)c2)cc1. The van der Waals surface area contributed by atoms with Gasteiger partial charge in [0.2, 0.25) is 10.0 Å². The zero-order valence-corrected chi connectivity index (χ0v) is 24.6. The molecule has 0 fully saturated rings. The highest BCUT2D eigenvalue weighted by Crippen LogP contribution is 2.31. The van der Waals surface area contributed by atoms with Gasteiger partial charge < -0.3 is 13.1 Å². The molecule has 1 amide bonds. The Kier molecular flexibility index (Phi) is 10.2. The molecular weight excluding hydrogens is 599 g/mol. The van der Waals surface area contributed by atoms with E-state index in [0.29, 0.717) is 5.56 Å². The van der Waals surface area contributed by atoms with Crippen LogP contribution in [0.5, 0.6) is 17.2 Å². The van der Waals surface area contributed by atoms with Crippen molar-refractivity contribution in [3.8, 4) is 17.2 Å². The van der Waals surface area contributed by atoms with Crippen molar-refractivity contribution in [3.05, 3.63) is 59.0 Å². The highest BCUT2D eigenvalue weighted by molar-refractivity contribution is 7.93. The number of carbonyl (C=O) groups is 1. The fourth-order valence-corrected chi connectivity index (χ4v) is 5.05. The summed E-state index contributed by atoms with van der Waals surface area (Å²) in [6.45, 7) is 2.73. The number of hydrogen-bond acceptors (Lipinski definition) is 12. The second kappa shape index (κ2) is 12.4. The van der Waals surface area contributed by atoms with E-state index in [2.05, 4.69) is 0 Å². The van der Waals surface area contributed by atoms with Crippen molar-refractivity contribution in [2.45, 2.75) is 19.6 Å². The molecule has 17 heteroatoms. The molecule has 0 saturated carbocycles. The first-order valence-electron chi connectivity index (χ1n) is 11.0. The molecule has 0 saturated heterocycles. The number of carbonyl (C=O) groups excluding carboxylic acids is 1. The molecule has 2 rings (SSSR count). The maximum absolute atomic E-state index is 12.6. The molecule has 0 aromatic heterocycles. The molecule has 2 aromatic rings. The Hall–Kier alpha value is -3.15. The van der Waals surface area contributed by atoms with Gasteiger partial charge in [0.25, 0.3) is 0 Å². The van der Waals surface area contributed by atoms with Gasteiger partial charge in [-0.15, -0.1) is 0 Å². The average Bonchev–Trinajstić information content (AvgIpc) is 2.84. The molecule has 0 bridgehead atoms. The number of benzene rings is 2. The van der Waals surface area contributed by atoms with Crippen LogP contribution < -0.4 is 13.1 Å². The Morgan fingerprint density at radius 1 is 0.821 bits per heavy atom. The summed E-state index contributed by atoms with van der Waals surface area (Å²) in [4.78, 5) is 12.3. The Morgan fingerprint density at radius 2 is 1.38 bits per heavy atom. The van der Waals surface area contributed by atoms with Crippen LogP contribution in [0.4, 0.5) is 4.79 Å². The quantitative estimate of drug-likeness (QED) is 0.313. The van der Waals surface area contributed by atoms with Gasteiger partial charge in [-0.05, 0) is 55.3 Å². The van der Waals surface area contributed by atoms with Crippen molar-refractivity contribution in [1.29, 1.82) is 0 Å². The van der Waals surface area contributed by atoms with Crippen LogP contribution in [0.2, 0.25) is 0 Å². The first kappa shape index (κ1) is 32.1. The highest BCUT2D eigenvalue weighted by atomic mass is 32.2. The van der Waals surface area contributed by atoms with E-state index in [1.807, 2.05) is 0 Å². The number of rotatable bonds is 12. The van der Waals surface area contributed by atoms with Crippen LogP contribution >= 0.6 is 0 Å². The van der Waals surface area contributed by atoms with Crippen molar-refractivity contribution in [2.24, 2.45) is 0 Å². The normalized spacial score (nSPS) is 12.7. The largest absolute Gasteiger partial charge is 0.428 e. The molecule has 0 heterocycles. The molecule has 0 aliphatic rings. The van der Waals surface area contributed by atoms with Gasteiger partial charge in [-0.3, -0.25) is 0 Å². The van der Waals surface area contributed by atoms with Gasteiger partial charge in [0.1, 0.15) is 5.75 Å². The summed E-state index contributed by atoms with van der Waals surface area (Å²) in [5, 5.41) is 0.867. The maximum Gasteiger partial charge on any atom is 0.428 e. The smallest absolute Gasteiger partial charge is 0.405 e. The molecule has 39 heavy (non-hydrogen) atoms. The molecule has 0 aliphatic carbocycles. The molecule has 216 valence electrons. The molecule has 0 radical (unpaired) electrons. The van der Waals surface area contributed by atoms with Crippen LogP contribution in [0.3, 0.4) is 0 Å². The van der Waals surface area contributed by atoms with Gasteiger partial charge in [-0.25, -0.2) is 25.9 Å². The summed E-state index contributed by atoms with van der Waals surface area (Å²) < 4.78 is 110. The van der Waals surface area contributed by atoms with Crippen molar-refractivity contribution in [2.75, 3.05) is 24.8 Å². The minimum Gasteiger partial charge on any atom is -0.405 e. The van der Waals surface area contributed by atoms with E-state index in [0.717, 1.165) is 36.9 Å². The van der Waals surface area contributed by atoms with Gasteiger partial charge in [0.15, 0.2) is 21.3 Å². The zero-order valence-electron chi connectivity index (χ0n) is 21.3. The Labute approximate surface area is 228 Å². The fraction of sp³-hybridized carbons (Fsp3) is 0.318. The maximum atomic E-state index is 12.6. The molecule has 13 nitrogen and oxygen atoms in total. The first-order valence-corrected chi connectivity index (χ1v) is 17.7. The number of nitrogens with zero attached hydrogens (tertiary/aromatic N) is 1. The molecule has 0 spiro atoms. The number of amides is 1. The summed E-state index contributed by atoms with van der Waals surface area (Å²) in [5.41, 5.74) is 0.492. The topological polar surface area (TPSA) is 185 Å². The summed E-state index contributed by atoms with van der Waals surface area (Å²) in [7, 11) is -14.7. The van der Waals surface area contributed by atoms with E-state index < -0.39 is 69.2 Å². The van der Waals surface area contributed by atoms with Crippen LogP contribution in [0, 0.1) is 0 Å². The van der Waals surface area contributed by atoms with E-state index >= 15 is 0 Å². The number of sulfonamides is 1. The molecule has 0 unspecified atom stereocenters. The van der Waals surface area contributed by atoms with E-state index in [1.54, 1.807) is 0 Å². The summed E-state index contributed by atoms with van der Waals surface area (Å²) >= 11 is 0. The third-order valence-electron chi connectivity index (χ3n) is 4.83. The molecule has 0 aliphatic heterocycles. The van der Waals surface area contributed by atoms with Crippen LogP contribution in [-0.2, 0) is 45.8 Å². The van der Waals surface area contributed by atoms with Crippen LogP contribution in [-0.4, -0.2) is 68.9 Å². The van der Waals surface area contributed by atoms with E-state index in [-0.39, 0.29) is 21.4 Å². The van der Waals surface area contributed by atoms with Gasteiger partial charge in [0, 0.05) is 12.5 Å². The lowest BCUT2D eigenvalue weighted by atomic mass is 10.2. The number of ether oxygens (including phenoxy) is 1. The Bertz CT molecular complexity index is 1660. The van der Waals surface area contributed by atoms with Crippen LogP contribution in [0.1, 0.15) is 25.0 Å². The average molecular weight is 626 g/mol. The lowest BCUT2D eigenvalue weighted by Crippen LogP contribution is -2.34. The van der Waals surface area contributed by atoms with Gasteiger partial charge in [-0.2, -0.15) is 16.8 Å². The summed E-state index contributed by atoms with van der Waals surface area (Å²) in [6, 6.07) is 8.93. The van der Waals surface area contributed by atoms with Crippen molar-refractivity contribution >= 4 is 52.3 Å². The monoisotopic (exact) mass is 625 g/mol. The lowest BCUT2D eigenvalue weighted by molar-refractivity contribution is 0.184. The van der Waals surface area contributed by atoms with Gasteiger partial charge in [0.05, 0.1) is 23.5 Å². The zero-order chi connectivity index (χ0) is 29.6. The Balaban J connectivity index is 2.30. The summed E-state index contributed by atoms with van der Waals surface area (Å²) in [6.07, 6.45) is 0.547. The van der Waals surface area contributed by atoms with Crippen molar-refractivity contribution < 1.29 is 51.6 Å². The predicted molar refractivity (Wildman–Crippen MR) is 143 cm³/mol. The van der Waals surface area contributed by atoms with E-state index in [1.165, 1.54) is 44.2 Å². The molecule has 2 aromatic carbocycles. The highest BCUT2D eigenvalue weighted by Gasteiger charge is 2.23. The molecule has 0 atom stereocenters. The Morgan fingerprint density at radius 3 is 1.92 bits per heavy atom. The number of hydrogen-bond donors (Lipinski definition) is 0. The van der Waals surface area contributed by atoms with Crippen LogP contribution in [0.25, 0.3) is 6.08 Å². The van der Waals surface area contributed by atoms with Crippen LogP contribution in [0.15, 0.2) is 47.9 Å². The van der Waals surface area contributed by atoms with E-state index in [9.17, 15) is 38.5 Å². The molecular formula is C22H27NO12S4.